The van der Waals surface area contributed by atoms with Crippen molar-refractivity contribution in [1.29, 1.82) is 0 Å². The lowest BCUT2D eigenvalue weighted by Gasteiger charge is -2.11. The lowest BCUT2D eigenvalue weighted by atomic mass is 10.4. The summed E-state index contributed by atoms with van der Waals surface area (Å²) in [6.45, 7) is 0. The molecule has 0 atom stereocenters. The van der Waals surface area contributed by atoms with Crippen molar-refractivity contribution in [3.05, 3.63) is 34.5 Å². The average Bonchev–Trinajstić information content (AvgIpc) is 2.58. The molecule has 0 aliphatic heterocycles. The monoisotopic (exact) mass is 249 g/mol. The zero-order valence-corrected chi connectivity index (χ0v) is 8.84. The van der Waals surface area contributed by atoms with E-state index in [-0.39, 0.29) is 0 Å². The first-order chi connectivity index (χ1) is 7.45. The van der Waals surface area contributed by atoms with Crippen molar-refractivity contribution in [1.82, 2.24) is 14.0 Å². The van der Waals surface area contributed by atoms with Crippen LogP contribution in [0, 0.1) is 0 Å². The van der Waals surface area contributed by atoms with Crippen LogP contribution >= 0.6 is 11.8 Å². The minimum atomic E-state index is -4.60. The lowest BCUT2D eigenvalue weighted by Crippen LogP contribution is -2.23. The van der Waals surface area contributed by atoms with E-state index in [1.165, 1.54) is 6.20 Å². The molecule has 0 fully saturated rings. The van der Waals surface area contributed by atoms with Crippen LogP contribution in [0.3, 0.4) is 0 Å². The van der Waals surface area contributed by atoms with Gasteiger partial charge in [-0.1, -0.05) is 11.8 Å². The third-order valence-electron chi connectivity index (χ3n) is 1.98. The van der Waals surface area contributed by atoms with E-state index in [9.17, 15) is 18.0 Å². The third kappa shape index (κ3) is 1.58. The van der Waals surface area contributed by atoms with Crippen molar-refractivity contribution >= 4 is 11.8 Å². The molecule has 0 saturated heterocycles. The van der Waals surface area contributed by atoms with E-state index in [2.05, 4.69) is 4.98 Å². The van der Waals surface area contributed by atoms with E-state index >= 15 is 0 Å². The Morgan fingerprint density at radius 2 is 2.12 bits per heavy atom. The standard InChI is InChI=1S/C8H6F3N3OS/c1-16-7-12-4-5(8(9,10)11)14-6(15)2-3-13(7)14/h2-4H,1H3. The highest BCUT2D eigenvalue weighted by Gasteiger charge is 2.35. The molecule has 2 rings (SSSR count). The molecule has 2 heterocycles. The maximum atomic E-state index is 12.6. The number of alkyl halides is 3. The van der Waals surface area contributed by atoms with E-state index in [4.69, 9.17) is 0 Å². The molecule has 0 saturated carbocycles. The number of rotatable bonds is 1. The highest BCUT2D eigenvalue weighted by atomic mass is 32.2. The highest BCUT2D eigenvalue weighted by Crippen LogP contribution is 2.28. The van der Waals surface area contributed by atoms with Gasteiger partial charge < -0.3 is 0 Å². The van der Waals surface area contributed by atoms with Gasteiger partial charge in [-0.3, -0.25) is 4.79 Å². The first-order valence-corrected chi connectivity index (χ1v) is 5.38. The molecule has 0 unspecified atom stereocenters. The molecule has 2 aromatic rings. The molecule has 0 bridgehead atoms. The number of nitrogens with zero attached hydrogens (tertiary/aromatic N) is 3. The molecule has 16 heavy (non-hydrogen) atoms. The van der Waals surface area contributed by atoms with Gasteiger partial charge >= 0.3 is 6.18 Å². The highest BCUT2D eigenvalue weighted by molar-refractivity contribution is 7.98. The van der Waals surface area contributed by atoms with Crippen LogP contribution in [0.25, 0.3) is 0 Å². The van der Waals surface area contributed by atoms with Gasteiger partial charge in [0.15, 0.2) is 10.9 Å². The second-order valence-electron chi connectivity index (χ2n) is 2.94. The maximum absolute atomic E-state index is 12.6. The second-order valence-corrected chi connectivity index (χ2v) is 3.71. The number of fused-ring (bicyclic) bond motifs is 1. The summed E-state index contributed by atoms with van der Waals surface area (Å²) in [5.74, 6) is 0. The Bertz CT molecular complexity index is 586. The largest absolute Gasteiger partial charge is 0.435 e. The minimum Gasteiger partial charge on any atom is -0.267 e. The normalized spacial score (nSPS) is 12.2. The quantitative estimate of drug-likeness (QED) is 0.719. The van der Waals surface area contributed by atoms with Crippen LogP contribution in [0.2, 0.25) is 0 Å². The molecule has 0 aliphatic carbocycles. The Hall–Kier alpha value is -1.44. The minimum absolute atomic E-state index is 0.315. The average molecular weight is 249 g/mol. The van der Waals surface area contributed by atoms with Crippen LogP contribution in [0.4, 0.5) is 13.2 Å². The Morgan fingerprint density at radius 1 is 1.44 bits per heavy atom. The van der Waals surface area contributed by atoms with Crippen LogP contribution < -0.4 is 5.56 Å². The predicted octanol–water partition coefficient (Wildman–Crippen LogP) is 1.53. The Morgan fingerprint density at radius 3 is 2.69 bits per heavy atom. The van der Waals surface area contributed by atoms with Gasteiger partial charge in [-0.25, -0.2) is 14.0 Å². The Kier molecular flexibility index (Phi) is 2.45. The molecule has 0 spiro atoms. The number of hydrogen-bond donors (Lipinski definition) is 0. The maximum Gasteiger partial charge on any atom is 0.435 e. The summed E-state index contributed by atoms with van der Waals surface area (Å²) >= 11 is 1.16. The van der Waals surface area contributed by atoms with E-state index in [0.29, 0.717) is 15.9 Å². The van der Waals surface area contributed by atoms with Crippen molar-refractivity contribution < 1.29 is 13.2 Å². The first-order valence-electron chi connectivity index (χ1n) is 4.15. The third-order valence-corrected chi connectivity index (χ3v) is 2.63. The van der Waals surface area contributed by atoms with Crippen molar-refractivity contribution in [2.24, 2.45) is 0 Å². The Balaban J connectivity index is 2.88. The fourth-order valence-corrected chi connectivity index (χ4v) is 1.82. The van der Waals surface area contributed by atoms with Gasteiger partial charge in [-0.05, 0) is 6.26 Å². The van der Waals surface area contributed by atoms with Gasteiger partial charge in [-0.2, -0.15) is 13.2 Å². The summed E-state index contributed by atoms with van der Waals surface area (Å²) in [4.78, 5) is 15.0. The summed E-state index contributed by atoms with van der Waals surface area (Å²) in [5.41, 5.74) is -1.81. The van der Waals surface area contributed by atoms with Gasteiger partial charge in [0.2, 0.25) is 0 Å². The van der Waals surface area contributed by atoms with Gasteiger partial charge in [0.05, 0.1) is 6.20 Å². The zero-order valence-electron chi connectivity index (χ0n) is 8.02. The molecule has 0 amide bonds. The van der Waals surface area contributed by atoms with Gasteiger partial charge in [-0.15, -0.1) is 0 Å². The Labute approximate surface area is 91.7 Å². The summed E-state index contributed by atoms with van der Waals surface area (Å²) in [7, 11) is 0. The van der Waals surface area contributed by atoms with Crippen LogP contribution in [-0.4, -0.2) is 20.3 Å². The van der Waals surface area contributed by atoms with E-state index < -0.39 is 17.4 Å². The van der Waals surface area contributed by atoms with Gasteiger partial charge in [0.1, 0.15) is 0 Å². The van der Waals surface area contributed by atoms with Gasteiger partial charge in [0.25, 0.3) is 5.56 Å². The van der Waals surface area contributed by atoms with E-state index in [1.54, 1.807) is 6.26 Å². The molecule has 0 radical (unpaired) electrons. The molecule has 8 heteroatoms. The van der Waals surface area contributed by atoms with E-state index in [0.717, 1.165) is 22.3 Å². The molecular formula is C8H6F3N3OS. The fraction of sp³-hybridized carbons (Fsp3) is 0.250. The molecule has 0 aliphatic rings. The number of halogens is 3. The molecule has 2 aromatic heterocycles. The lowest BCUT2D eigenvalue weighted by molar-refractivity contribution is -0.143. The molecule has 0 aromatic carbocycles. The van der Waals surface area contributed by atoms with Crippen LogP contribution in [-0.2, 0) is 6.18 Å². The topological polar surface area (TPSA) is 38.8 Å². The van der Waals surface area contributed by atoms with Crippen LogP contribution in [0.5, 0.6) is 0 Å². The summed E-state index contributed by atoms with van der Waals surface area (Å²) in [5, 5.41) is 0.315. The molecule has 86 valence electrons. The van der Waals surface area contributed by atoms with Crippen LogP contribution in [0.15, 0.2) is 28.4 Å². The summed E-state index contributed by atoms with van der Waals surface area (Å²) in [6, 6.07) is 1.07. The zero-order chi connectivity index (χ0) is 11.9. The van der Waals surface area contributed by atoms with Crippen LogP contribution in [0.1, 0.15) is 5.69 Å². The van der Waals surface area contributed by atoms with Crippen molar-refractivity contribution in [3.63, 3.8) is 0 Å². The molecule has 0 N–H and O–H groups in total. The SMILES string of the molecule is CSc1ncc(C(F)(F)F)n2c(=O)ccn12. The van der Waals surface area contributed by atoms with Gasteiger partial charge in [0, 0.05) is 12.3 Å². The predicted molar refractivity (Wildman–Crippen MR) is 51.7 cm³/mol. The van der Waals surface area contributed by atoms with Crippen molar-refractivity contribution in [2.45, 2.75) is 11.3 Å². The van der Waals surface area contributed by atoms with E-state index in [1.807, 2.05) is 0 Å². The second kappa shape index (κ2) is 3.55. The number of aromatic nitrogens is 3. The molecule has 4 nitrogen and oxygen atoms in total. The first kappa shape index (κ1) is 11.1. The smallest absolute Gasteiger partial charge is 0.267 e. The number of hydrogen-bond acceptors (Lipinski definition) is 3. The van der Waals surface area contributed by atoms with Crippen molar-refractivity contribution in [2.75, 3.05) is 6.26 Å². The number of thioether (sulfide) groups is 1. The summed E-state index contributed by atoms with van der Waals surface area (Å²) < 4.78 is 39.4. The van der Waals surface area contributed by atoms with Crippen molar-refractivity contribution in [3.8, 4) is 0 Å². The summed E-state index contributed by atoms with van der Waals surface area (Å²) in [6.07, 6.45) is -1.02. The molecular weight excluding hydrogens is 243 g/mol. The fourth-order valence-electron chi connectivity index (χ4n) is 1.33.